The predicted molar refractivity (Wildman–Crippen MR) is 72.3 cm³/mol. The van der Waals surface area contributed by atoms with E-state index in [0.29, 0.717) is 12.0 Å². The fourth-order valence-electron chi connectivity index (χ4n) is 2.44. The number of rotatable bonds is 5. The Kier molecular flexibility index (Phi) is 4.53. The monoisotopic (exact) mass is 251 g/mol. The molecule has 1 aliphatic heterocycles. The van der Waals surface area contributed by atoms with Crippen LogP contribution in [0.25, 0.3) is 0 Å². The molecule has 0 radical (unpaired) electrons. The Morgan fingerprint density at radius 1 is 1.50 bits per heavy atom. The first-order valence-corrected chi connectivity index (χ1v) is 6.75. The lowest BCUT2D eigenvalue weighted by Crippen LogP contribution is -2.39. The average Bonchev–Trinajstić information content (AvgIpc) is 2.81. The van der Waals surface area contributed by atoms with Crippen molar-refractivity contribution >= 4 is 5.82 Å². The predicted octanol–water partition coefficient (Wildman–Crippen LogP) is 2.44. The quantitative estimate of drug-likeness (QED) is 0.871. The van der Waals surface area contributed by atoms with Crippen molar-refractivity contribution in [1.29, 1.82) is 0 Å². The molecule has 1 aliphatic rings. The van der Waals surface area contributed by atoms with Gasteiger partial charge in [-0.2, -0.15) is 0 Å². The van der Waals surface area contributed by atoms with Gasteiger partial charge in [-0.15, -0.1) is 0 Å². The molecule has 0 bridgehead atoms. The highest BCUT2D eigenvalue weighted by Crippen LogP contribution is 2.16. The van der Waals surface area contributed by atoms with Gasteiger partial charge in [-0.05, 0) is 37.4 Å². The highest BCUT2D eigenvalue weighted by Gasteiger charge is 2.19. The zero-order valence-corrected chi connectivity index (χ0v) is 11.2. The van der Waals surface area contributed by atoms with Gasteiger partial charge < -0.3 is 10.2 Å². The van der Waals surface area contributed by atoms with Gasteiger partial charge in [-0.3, -0.25) is 0 Å². The first-order valence-electron chi connectivity index (χ1n) is 6.75. The first-order chi connectivity index (χ1) is 8.65. The molecule has 1 saturated heterocycles. The summed E-state index contributed by atoms with van der Waals surface area (Å²) in [7, 11) is 0. The minimum Gasteiger partial charge on any atom is -0.355 e. The van der Waals surface area contributed by atoms with E-state index in [9.17, 15) is 4.39 Å². The molecule has 4 heteroatoms. The standard InChI is InChI=1S/C14H22FN3/c1-11(2)9-18(10-13-4-3-7-16-13)14-6-5-12(15)8-17-14/h5-6,8,11,13,16H,3-4,7,9-10H2,1-2H3. The van der Waals surface area contributed by atoms with Crippen LogP contribution < -0.4 is 10.2 Å². The minimum atomic E-state index is -0.276. The maximum atomic E-state index is 12.9. The molecule has 100 valence electrons. The highest BCUT2D eigenvalue weighted by molar-refractivity contribution is 5.38. The molecule has 3 nitrogen and oxygen atoms in total. The zero-order valence-electron chi connectivity index (χ0n) is 11.2. The molecule has 1 aromatic rings. The molecule has 0 aromatic carbocycles. The molecule has 1 unspecified atom stereocenters. The summed E-state index contributed by atoms with van der Waals surface area (Å²) in [5.41, 5.74) is 0. The van der Waals surface area contributed by atoms with Crippen LogP contribution in [0.2, 0.25) is 0 Å². The molecule has 1 N–H and O–H groups in total. The van der Waals surface area contributed by atoms with Gasteiger partial charge in [0.05, 0.1) is 6.20 Å². The fourth-order valence-corrected chi connectivity index (χ4v) is 2.44. The van der Waals surface area contributed by atoms with Crippen LogP contribution in [-0.4, -0.2) is 30.7 Å². The Bertz CT molecular complexity index is 358. The molecule has 1 aromatic heterocycles. The second-order valence-corrected chi connectivity index (χ2v) is 5.43. The normalized spacial score (nSPS) is 19.4. The first kappa shape index (κ1) is 13.3. The molecule has 0 amide bonds. The maximum absolute atomic E-state index is 12.9. The van der Waals surface area contributed by atoms with Crippen molar-refractivity contribution in [2.24, 2.45) is 5.92 Å². The van der Waals surface area contributed by atoms with Crippen molar-refractivity contribution in [2.45, 2.75) is 32.7 Å². The number of nitrogens with zero attached hydrogens (tertiary/aromatic N) is 2. The van der Waals surface area contributed by atoms with Gasteiger partial charge in [0.15, 0.2) is 0 Å². The van der Waals surface area contributed by atoms with Gasteiger partial charge in [0.2, 0.25) is 0 Å². The van der Waals surface area contributed by atoms with Crippen molar-refractivity contribution in [2.75, 3.05) is 24.5 Å². The van der Waals surface area contributed by atoms with E-state index in [1.807, 2.05) is 0 Å². The SMILES string of the molecule is CC(C)CN(CC1CCCN1)c1ccc(F)cn1. The summed E-state index contributed by atoms with van der Waals surface area (Å²) in [6.45, 7) is 7.40. The minimum absolute atomic E-state index is 0.276. The molecule has 0 aliphatic carbocycles. The smallest absolute Gasteiger partial charge is 0.141 e. The Labute approximate surface area is 108 Å². The molecule has 2 heterocycles. The van der Waals surface area contributed by atoms with Crippen LogP contribution >= 0.6 is 0 Å². The van der Waals surface area contributed by atoms with Crippen molar-refractivity contribution < 1.29 is 4.39 Å². The topological polar surface area (TPSA) is 28.2 Å². The number of anilines is 1. The van der Waals surface area contributed by atoms with E-state index in [2.05, 4.69) is 29.0 Å². The van der Waals surface area contributed by atoms with Crippen LogP contribution in [0.1, 0.15) is 26.7 Å². The summed E-state index contributed by atoms with van der Waals surface area (Å²) in [5, 5.41) is 3.50. The molecule has 0 saturated carbocycles. The van der Waals surface area contributed by atoms with E-state index in [0.717, 1.165) is 25.5 Å². The van der Waals surface area contributed by atoms with Gasteiger partial charge in [-0.25, -0.2) is 9.37 Å². The summed E-state index contributed by atoms with van der Waals surface area (Å²) in [5.74, 6) is 1.17. The Hall–Kier alpha value is -1.16. The van der Waals surface area contributed by atoms with Crippen molar-refractivity contribution in [1.82, 2.24) is 10.3 Å². The summed E-state index contributed by atoms with van der Waals surface area (Å²) in [6, 6.07) is 3.79. The summed E-state index contributed by atoms with van der Waals surface area (Å²) in [6.07, 6.45) is 3.76. The summed E-state index contributed by atoms with van der Waals surface area (Å²) < 4.78 is 12.9. The van der Waals surface area contributed by atoms with E-state index in [-0.39, 0.29) is 5.82 Å². The Balaban J connectivity index is 2.05. The number of hydrogen-bond donors (Lipinski definition) is 1. The van der Waals surface area contributed by atoms with Gasteiger partial charge in [0.1, 0.15) is 11.6 Å². The van der Waals surface area contributed by atoms with E-state index in [4.69, 9.17) is 0 Å². The Morgan fingerprint density at radius 3 is 2.89 bits per heavy atom. The summed E-state index contributed by atoms with van der Waals surface area (Å²) >= 11 is 0. The largest absolute Gasteiger partial charge is 0.355 e. The average molecular weight is 251 g/mol. The van der Waals surface area contributed by atoms with Crippen molar-refractivity contribution in [3.05, 3.63) is 24.1 Å². The molecule has 0 spiro atoms. The molecule has 1 fully saturated rings. The lowest BCUT2D eigenvalue weighted by atomic mass is 10.1. The van der Waals surface area contributed by atoms with Crippen LogP contribution in [0, 0.1) is 11.7 Å². The molecule has 18 heavy (non-hydrogen) atoms. The van der Waals surface area contributed by atoms with E-state index < -0.39 is 0 Å². The van der Waals surface area contributed by atoms with Gasteiger partial charge in [0.25, 0.3) is 0 Å². The number of pyridine rings is 1. The second-order valence-electron chi connectivity index (χ2n) is 5.43. The van der Waals surface area contributed by atoms with Crippen molar-refractivity contribution in [3.8, 4) is 0 Å². The zero-order chi connectivity index (χ0) is 13.0. The maximum Gasteiger partial charge on any atom is 0.141 e. The lowest BCUT2D eigenvalue weighted by molar-refractivity contribution is 0.536. The fraction of sp³-hybridized carbons (Fsp3) is 0.643. The third kappa shape index (κ3) is 3.67. The van der Waals surface area contributed by atoms with Crippen LogP contribution in [0.5, 0.6) is 0 Å². The van der Waals surface area contributed by atoms with Crippen molar-refractivity contribution in [3.63, 3.8) is 0 Å². The lowest BCUT2D eigenvalue weighted by Gasteiger charge is -2.28. The number of aromatic nitrogens is 1. The molecule has 1 atom stereocenters. The molecular weight excluding hydrogens is 229 g/mol. The number of nitrogens with one attached hydrogen (secondary N) is 1. The third-order valence-corrected chi connectivity index (χ3v) is 3.22. The van der Waals surface area contributed by atoms with E-state index >= 15 is 0 Å². The molecule has 2 rings (SSSR count). The second kappa shape index (κ2) is 6.14. The number of hydrogen-bond acceptors (Lipinski definition) is 3. The Morgan fingerprint density at radius 2 is 2.33 bits per heavy atom. The van der Waals surface area contributed by atoms with E-state index in [1.165, 1.54) is 25.1 Å². The van der Waals surface area contributed by atoms with E-state index in [1.54, 1.807) is 6.07 Å². The van der Waals surface area contributed by atoms with Gasteiger partial charge in [0, 0.05) is 19.1 Å². The van der Waals surface area contributed by atoms with Crippen LogP contribution in [0.3, 0.4) is 0 Å². The number of halogens is 1. The van der Waals surface area contributed by atoms with Gasteiger partial charge >= 0.3 is 0 Å². The third-order valence-electron chi connectivity index (χ3n) is 3.22. The highest BCUT2D eigenvalue weighted by atomic mass is 19.1. The summed E-state index contributed by atoms with van der Waals surface area (Å²) in [4.78, 5) is 6.45. The van der Waals surface area contributed by atoms with Crippen LogP contribution in [-0.2, 0) is 0 Å². The molecular formula is C14H22FN3. The van der Waals surface area contributed by atoms with Gasteiger partial charge in [-0.1, -0.05) is 13.8 Å². The van der Waals surface area contributed by atoms with Crippen LogP contribution in [0.4, 0.5) is 10.2 Å². The van der Waals surface area contributed by atoms with Crippen LogP contribution in [0.15, 0.2) is 18.3 Å².